The maximum absolute atomic E-state index is 5.59. The van der Waals surface area contributed by atoms with Crippen LogP contribution in [0.5, 0.6) is 5.75 Å². The van der Waals surface area contributed by atoms with Gasteiger partial charge in [0.25, 0.3) is 0 Å². The van der Waals surface area contributed by atoms with Crippen molar-refractivity contribution in [2.75, 3.05) is 12.0 Å². The molecule has 0 bridgehead atoms. The maximum atomic E-state index is 5.59. The topological polar surface area (TPSA) is 12.5 Å². The van der Waals surface area contributed by atoms with Crippen molar-refractivity contribution in [1.29, 1.82) is 0 Å². The Labute approximate surface area is 144 Å². The molecule has 0 spiro atoms. The van der Waals surface area contributed by atoms with Crippen molar-refractivity contribution in [3.8, 4) is 5.75 Å². The number of ether oxygens (including phenoxy) is 1. The highest BCUT2D eigenvalue weighted by Gasteiger charge is 2.29. The van der Waals surface area contributed by atoms with E-state index in [1.165, 1.54) is 11.8 Å². The molecule has 2 aromatic carbocycles. The van der Waals surface area contributed by atoms with Gasteiger partial charge in [-0.25, -0.2) is 0 Å². The highest BCUT2D eigenvalue weighted by molar-refractivity contribution is 8.28. The highest BCUT2D eigenvalue weighted by Crippen LogP contribution is 2.36. The Morgan fingerprint density at radius 1 is 1.00 bits per heavy atom. The van der Waals surface area contributed by atoms with E-state index in [4.69, 9.17) is 29.2 Å². The second-order valence-corrected chi connectivity index (χ2v) is 6.69. The van der Waals surface area contributed by atoms with E-state index in [1.807, 2.05) is 59.5 Å². The first-order valence-electron chi connectivity index (χ1n) is 6.66. The third-order valence-corrected chi connectivity index (χ3v) is 5.07. The fourth-order valence-electron chi connectivity index (χ4n) is 2.12. The summed E-state index contributed by atoms with van der Waals surface area (Å²) in [5.74, 6) is 0.838. The first kappa shape index (κ1) is 15.2. The molecule has 0 aliphatic carbocycles. The van der Waals surface area contributed by atoms with Gasteiger partial charge in [-0.3, -0.25) is 4.90 Å². The molecule has 1 saturated heterocycles. The number of benzene rings is 2. The first-order valence-corrected chi connectivity index (χ1v) is 8.29. The van der Waals surface area contributed by atoms with E-state index >= 15 is 0 Å². The monoisotopic (exact) mass is 343 g/mol. The lowest BCUT2D eigenvalue weighted by Gasteiger charge is -2.16. The van der Waals surface area contributed by atoms with Crippen LogP contribution in [0.25, 0.3) is 6.08 Å². The summed E-state index contributed by atoms with van der Waals surface area (Å²) in [5.41, 5.74) is 2.08. The molecule has 110 valence electrons. The van der Waals surface area contributed by atoms with Gasteiger partial charge >= 0.3 is 0 Å². The summed E-state index contributed by atoms with van der Waals surface area (Å²) in [6.45, 7) is 0. The zero-order valence-corrected chi connectivity index (χ0v) is 14.3. The number of hydrogen-bond acceptors (Lipinski definition) is 4. The molecule has 1 aliphatic rings. The maximum Gasteiger partial charge on any atom is 0.151 e. The minimum atomic E-state index is 0.747. The number of nitrogens with zero attached hydrogens (tertiary/aromatic N) is 1. The van der Waals surface area contributed by atoms with Crippen LogP contribution in [0.4, 0.5) is 5.69 Å². The number of rotatable bonds is 3. The van der Waals surface area contributed by atoms with Crippen LogP contribution in [0, 0.1) is 0 Å². The van der Waals surface area contributed by atoms with E-state index in [0.717, 1.165) is 31.2 Å². The molecule has 0 radical (unpaired) electrons. The number of para-hydroxylation sites is 1. The van der Waals surface area contributed by atoms with Gasteiger partial charge < -0.3 is 4.74 Å². The van der Waals surface area contributed by atoms with Crippen molar-refractivity contribution >= 4 is 57.3 Å². The lowest BCUT2D eigenvalue weighted by Crippen LogP contribution is -2.25. The second kappa shape index (κ2) is 6.60. The summed E-state index contributed by atoms with van der Waals surface area (Å²) < 4.78 is 5.93. The van der Waals surface area contributed by atoms with E-state index in [9.17, 15) is 0 Å². The van der Waals surface area contributed by atoms with Crippen LogP contribution < -0.4 is 9.64 Å². The van der Waals surface area contributed by atoms with Crippen molar-refractivity contribution in [3.05, 3.63) is 65.1 Å². The Morgan fingerprint density at radius 3 is 2.32 bits per heavy atom. The Kier molecular flexibility index (Phi) is 4.57. The minimum absolute atomic E-state index is 0.747. The molecule has 1 aliphatic heterocycles. The number of methoxy groups -OCH3 is 1. The molecule has 2 nitrogen and oxygen atoms in total. The molecular formula is C17H13NOS3. The molecule has 5 heteroatoms. The fourth-order valence-corrected chi connectivity index (χ4v) is 3.93. The quantitative estimate of drug-likeness (QED) is 0.578. The van der Waals surface area contributed by atoms with Crippen LogP contribution in [0.3, 0.4) is 0 Å². The molecule has 2 aromatic rings. The van der Waals surface area contributed by atoms with Gasteiger partial charge in [0.05, 0.1) is 12.0 Å². The van der Waals surface area contributed by atoms with Crippen molar-refractivity contribution in [1.82, 2.24) is 0 Å². The average molecular weight is 343 g/mol. The van der Waals surface area contributed by atoms with Crippen LogP contribution in [0.1, 0.15) is 5.56 Å². The molecule has 0 unspecified atom stereocenters. The molecule has 22 heavy (non-hydrogen) atoms. The molecule has 1 fully saturated rings. The van der Waals surface area contributed by atoms with E-state index in [0.29, 0.717) is 0 Å². The third-order valence-electron chi connectivity index (χ3n) is 3.22. The SMILES string of the molecule is COc1ccc(/C=C2/SC(=S)N(c3ccccc3)C2=S)cc1. The Morgan fingerprint density at radius 2 is 1.68 bits per heavy atom. The zero-order valence-electron chi connectivity index (χ0n) is 11.9. The van der Waals surface area contributed by atoms with Crippen LogP contribution >= 0.6 is 36.2 Å². The summed E-state index contributed by atoms with van der Waals surface area (Å²) >= 11 is 12.6. The van der Waals surface area contributed by atoms with Gasteiger partial charge in [-0.05, 0) is 35.9 Å². The molecule has 3 rings (SSSR count). The molecule has 0 atom stereocenters. The van der Waals surface area contributed by atoms with Gasteiger partial charge in [-0.2, -0.15) is 0 Å². The predicted molar refractivity (Wildman–Crippen MR) is 103 cm³/mol. The predicted octanol–water partition coefficient (Wildman–Crippen LogP) is 4.90. The Bertz CT molecular complexity index is 738. The molecule has 1 heterocycles. The summed E-state index contributed by atoms with van der Waals surface area (Å²) in [7, 11) is 1.66. The summed E-state index contributed by atoms with van der Waals surface area (Å²) in [6.07, 6.45) is 2.06. The van der Waals surface area contributed by atoms with Gasteiger partial charge in [0.15, 0.2) is 4.32 Å². The summed E-state index contributed by atoms with van der Waals surface area (Å²) in [6, 6.07) is 17.8. The second-order valence-electron chi connectivity index (χ2n) is 4.63. The highest BCUT2D eigenvalue weighted by atomic mass is 32.2. The van der Waals surface area contributed by atoms with Crippen LogP contribution in [0.2, 0.25) is 0 Å². The zero-order chi connectivity index (χ0) is 15.5. The van der Waals surface area contributed by atoms with Crippen LogP contribution in [-0.2, 0) is 0 Å². The molecule has 0 N–H and O–H groups in total. The average Bonchev–Trinajstić information content (AvgIpc) is 2.83. The lowest BCUT2D eigenvalue weighted by molar-refractivity contribution is 0.415. The molecular weight excluding hydrogens is 330 g/mol. The first-order chi connectivity index (χ1) is 10.7. The van der Waals surface area contributed by atoms with Crippen molar-refractivity contribution in [3.63, 3.8) is 0 Å². The normalized spacial score (nSPS) is 16.4. The van der Waals surface area contributed by atoms with Gasteiger partial charge in [0.1, 0.15) is 10.7 Å². The van der Waals surface area contributed by atoms with Gasteiger partial charge in [0, 0.05) is 5.69 Å². The van der Waals surface area contributed by atoms with Gasteiger partial charge in [-0.15, -0.1) is 0 Å². The molecule has 0 amide bonds. The standard InChI is InChI=1S/C17H13NOS3/c1-19-14-9-7-12(8-10-14)11-15-16(20)18(17(21)22-15)13-5-3-2-4-6-13/h2-11H,1H3/b15-11+. The molecule has 0 saturated carbocycles. The lowest BCUT2D eigenvalue weighted by atomic mass is 10.2. The van der Waals surface area contributed by atoms with Crippen molar-refractivity contribution < 1.29 is 4.74 Å². The van der Waals surface area contributed by atoms with E-state index in [1.54, 1.807) is 7.11 Å². The minimum Gasteiger partial charge on any atom is -0.497 e. The number of thiocarbonyl (C=S) groups is 2. The fraction of sp³-hybridized carbons (Fsp3) is 0.0588. The van der Waals surface area contributed by atoms with Crippen LogP contribution in [0.15, 0.2) is 59.5 Å². The van der Waals surface area contributed by atoms with Gasteiger partial charge in [0.2, 0.25) is 0 Å². The largest absolute Gasteiger partial charge is 0.497 e. The third kappa shape index (κ3) is 3.06. The van der Waals surface area contributed by atoms with E-state index in [-0.39, 0.29) is 0 Å². The van der Waals surface area contributed by atoms with Gasteiger partial charge in [-0.1, -0.05) is 66.5 Å². The summed E-state index contributed by atoms with van der Waals surface area (Å²) in [4.78, 5) is 3.68. The molecule has 0 aromatic heterocycles. The summed E-state index contributed by atoms with van der Waals surface area (Å²) in [5, 5.41) is 0. The Balaban J connectivity index is 1.88. The van der Waals surface area contributed by atoms with E-state index < -0.39 is 0 Å². The van der Waals surface area contributed by atoms with Crippen LogP contribution in [-0.4, -0.2) is 16.4 Å². The van der Waals surface area contributed by atoms with E-state index in [2.05, 4.69) is 6.08 Å². The smallest absolute Gasteiger partial charge is 0.151 e. The number of anilines is 1. The Hall–Kier alpha value is -1.69. The number of hydrogen-bond donors (Lipinski definition) is 0. The van der Waals surface area contributed by atoms with Crippen molar-refractivity contribution in [2.45, 2.75) is 0 Å². The van der Waals surface area contributed by atoms with Crippen molar-refractivity contribution in [2.24, 2.45) is 0 Å². The number of thioether (sulfide) groups is 1.